The molecular formula is C50H84N6O14. The van der Waals surface area contributed by atoms with Gasteiger partial charge in [0.15, 0.2) is 12.6 Å². The molecule has 70 heavy (non-hydrogen) atoms. The Kier molecular flexibility index (Phi) is 19.6. The van der Waals surface area contributed by atoms with Crippen molar-refractivity contribution in [2.45, 2.75) is 211 Å². The van der Waals surface area contributed by atoms with E-state index in [1.807, 2.05) is 50.9 Å². The van der Waals surface area contributed by atoms with Crippen molar-refractivity contribution in [2.24, 2.45) is 17.8 Å². The van der Waals surface area contributed by atoms with Crippen molar-refractivity contribution in [1.82, 2.24) is 24.8 Å². The van der Waals surface area contributed by atoms with Crippen molar-refractivity contribution >= 4 is 11.7 Å². The number of rotatable bonds is 14. The maximum absolute atomic E-state index is 14.5. The van der Waals surface area contributed by atoms with Crippen LogP contribution in [0, 0.1) is 27.9 Å². The predicted octanol–water partition coefficient (Wildman–Crippen LogP) is 3.82. The largest absolute Gasteiger partial charge is 0.459 e. The molecule has 0 unspecified atom stereocenters. The summed E-state index contributed by atoms with van der Waals surface area (Å²) in [5.74, 6) is -2.82. The second kappa shape index (κ2) is 23.7. The molecule has 2 aromatic rings. The highest BCUT2D eigenvalue weighted by molar-refractivity contribution is 5.73. The van der Waals surface area contributed by atoms with Gasteiger partial charge >= 0.3 is 5.97 Å². The number of esters is 1. The molecule has 3 aliphatic rings. The third kappa shape index (κ3) is 13.5. The molecule has 0 amide bonds. The van der Waals surface area contributed by atoms with Gasteiger partial charge in [-0.15, -0.1) is 5.10 Å². The minimum absolute atomic E-state index is 0.0343. The average molecular weight is 993 g/mol. The molecule has 0 saturated carbocycles. The average Bonchev–Trinajstić information content (AvgIpc) is 3.79. The number of carbonyl (C=O) groups excluding carboxylic acids is 1. The summed E-state index contributed by atoms with van der Waals surface area (Å²) in [6.07, 6.45) is -6.21. The molecule has 3 fully saturated rings. The lowest BCUT2D eigenvalue weighted by Crippen LogP contribution is -2.61. The van der Waals surface area contributed by atoms with Crippen molar-refractivity contribution in [2.75, 3.05) is 34.3 Å². The standard InChI is InChI=1S/C50H84N6O14/c1-15-39-50(11,62)43(58)33(7)54(13)26-28(2)24-48(9,61)45(31(5)42(32(6)46(60)68-39)69-40-25-49(10,65-14)44(59)34(8)67-40)70-47-41(57)38(23-30(4)66-47)53(12)21-20-36-27-55(52-51-36)29(3)22-35-16-18-37(19-17-35)56(63)64/h16-19,27-34,38-45,47,57-59,61-62H,15,20-26H2,1-14H3/t28-,29-,30-,31+,32-,33-,34+,38+,39-,40+,41-,42+,43-,44+,45-,47+,48-,49-,50-/m1/s1. The highest BCUT2D eigenvalue weighted by atomic mass is 16.7. The molecule has 20 heteroatoms. The van der Waals surface area contributed by atoms with Crippen LogP contribution in [0.2, 0.25) is 0 Å². The summed E-state index contributed by atoms with van der Waals surface area (Å²) in [5, 5.41) is 79.5. The van der Waals surface area contributed by atoms with Crippen LogP contribution in [0.3, 0.4) is 0 Å². The Morgan fingerprint density at radius 1 is 1.00 bits per heavy atom. The first kappa shape index (κ1) is 57.6. The molecule has 1 aromatic heterocycles. The smallest absolute Gasteiger partial charge is 0.311 e. The van der Waals surface area contributed by atoms with Crippen molar-refractivity contribution in [3.63, 3.8) is 0 Å². The Morgan fingerprint density at radius 3 is 2.27 bits per heavy atom. The first-order valence-electron chi connectivity index (χ1n) is 25.0. The highest BCUT2D eigenvalue weighted by Gasteiger charge is 2.53. The summed E-state index contributed by atoms with van der Waals surface area (Å²) in [6, 6.07) is 5.38. The molecule has 398 valence electrons. The fourth-order valence-corrected chi connectivity index (χ4v) is 10.9. The third-order valence-electron chi connectivity index (χ3n) is 15.5. The van der Waals surface area contributed by atoms with Crippen molar-refractivity contribution < 1.29 is 63.7 Å². The van der Waals surface area contributed by atoms with Gasteiger partial charge in [-0.25, -0.2) is 4.68 Å². The van der Waals surface area contributed by atoms with E-state index in [1.54, 1.807) is 65.3 Å². The van der Waals surface area contributed by atoms with Crippen LogP contribution in [0.5, 0.6) is 0 Å². The molecule has 19 atom stereocenters. The highest BCUT2D eigenvalue weighted by Crippen LogP contribution is 2.40. The van der Waals surface area contributed by atoms with Gasteiger partial charge in [0.05, 0.1) is 58.2 Å². The Bertz CT molecular complexity index is 1990. The monoisotopic (exact) mass is 993 g/mol. The third-order valence-corrected chi connectivity index (χ3v) is 15.5. The number of hydrogen-bond donors (Lipinski definition) is 5. The van der Waals surface area contributed by atoms with E-state index in [2.05, 4.69) is 10.3 Å². The van der Waals surface area contributed by atoms with Gasteiger partial charge in [-0.05, 0) is 107 Å². The summed E-state index contributed by atoms with van der Waals surface area (Å²) < 4.78 is 40.0. The number of aliphatic hydroxyl groups is 5. The van der Waals surface area contributed by atoms with E-state index in [0.29, 0.717) is 32.4 Å². The van der Waals surface area contributed by atoms with Gasteiger partial charge in [0, 0.05) is 69.4 Å². The number of ether oxygens (including phenoxy) is 6. The lowest BCUT2D eigenvalue weighted by Gasteiger charge is -2.49. The number of nitro groups is 1. The number of methoxy groups -OCH3 is 1. The summed E-state index contributed by atoms with van der Waals surface area (Å²) >= 11 is 0. The van der Waals surface area contributed by atoms with Gasteiger partial charge < -0.3 is 63.8 Å². The topological polar surface area (TPSA) is 254 Å². The molecule has 1 aromatic carbocycles. The van der Waals surface area contributed by atoms with Gasteiger partial charge in [-0.2, -0.15) is 0 Å². The minimum Gasteiger partial charge on any atom is -0.459 e. The number of hydrogen-bond acceptors (Lipinski definition) is 18. The molecular weight excluding hydrogens is 909 g/mol. The Labute approximate surface area is 414 Å². The van der Waals surface area contributed by atoms with E-state index in [9.17, 15) is 40.4 Å². The quantitative estimate of drug-likeness (QED) is 0.102. The van der Waals surface area contributed by atoms with Gasteiger partial charge in [-0.3, -0.25) is 14.9 Å². The molecule has 3 saturated heterocycles. The maximum atomic E-state index is 14.5. The number of benzene rings is 1. The zero-order chi connectivity index (χ0) is 52.2. The minimum atomic E-state index is -1.84. The number of non-ortho nitro benzene ring substituents is 1. The molecule has 20 nitrogen and oxygen atoms in total. The van der Waals surface area contributed by atoms with Crippen LogP contribution in [0.1, 0.15) is 119 Å². The van der Waals surface area contributed by atoms with Crippen LogP contribution in [-0.2, 0) is 46.1 Å². The number of aliphatic hydroxyl groups excluding tert-OH is 3. The maximum Gasteiger partial charge on any atom is 0.311 e. The Morgan fingerprint density at radius 2 is 1.66 bits per heavy atom. The van der Waals surface area contributed by atoms with E-state index in [1.165, 1.54) is 26.2 Å². The van der Waals surface area contributed by atoms with E-state index < -0.39 is 107 Å². The fourth-order valence-electron chi connectivity index (χ4n) is 10.9. The van der Waals surface area contributed by atoms with Crippen molar-refractivity contribution in [3.05, 3.63) is 51.8 Å². The summed E-state index contributed by atoms with van der Waals surface area (Å²) in [7, 11) is 5.24. The van der Waals surface area contributed by atoms with E-state index in [0.717, 1.165) is 11.3 Å². The molecule has 0 aliphatic carbocycles. The zero-order valence-corrected chi connectivity index (χ0v) is 43.9. The Balaban J connectivity index is 1.43. The van der Waals surface area contributed by atoms with Gasteiger partial charge in [0.2, 0.25) is 0 Å². The van der Waals surface area contributed by atoms with Crippen molar-refractivity contribution in [1.29, 1.82) is 0 Å². The number of aromatic nitrogens is 3. The molecule has 0 bridgehead atoms. The lowest BCUT2D eigenvalue weighted by molar-refractivity contribution is -0.384. The summed E-state index contributed by atoms with van der Waals surface area (Å²) in [5.41, 5.74) is -2.84. The number of cyclic esters (lactones) is 1. The van der Waals surface area contributed by atoms with Crippen LogP contribution >= 0.6 is 0 Å². The second-order valence-electron chi connectivity index (χ2n) is 21.6. The van der Waals surface area contributed by atoms with Crippen LogP contribution < -0.4 is 0 Å². The predicted molar refractivity (Wildman–Crippen MR) is 258 cm³/mol. The van der Waals surface area contributed by atoms with Crippen LogP contribution in [0.25, 0.3) is 0 Å². The zero-order valence-electron chi connectivity index (χ0n) is 43.9. The second-order valence-corrected chi connectivity index (χ2v) is 21.6. The normalized spacial score (nSPS) is 40.3. The molecule has 0 radical (unpaired) electrons. The molecule has 5 N–H and O–H groups in total. The van der Waals surface area contributed by atoms with E-state index >= 15 is 0 Å². The lowest BCUT2D eigenvalue weighted by atomic mass is 9.77. The molecule has 4 heterocycles. The van der Waals surface area contributed by atoms with E-state index in [-0.39, 0.29) is 43.0 Å². The number of carbonyl (C=O) groups is 1. The first-order valence-corrected chi connectivity index (χ1v) is 25.0. The molecule has 0 spiro atoms. The van der Waals surface area contributed by atoms with Crippen LogP contribution in [0.15, 0.2) is 30.5 Å². The van der Waals surface area contributed by atoms with Crippen molar-refractivity contribution in [3.8, 4) is 0 Å². The van der Waals surface area contributed by atoms with E-state index in [4.69, 9.17) is 28.4 Å². The summed E-state index contributed by atoms with van der Waals surface area (Å²) in [6.45, 7) is 20.4. The summed E-state index contributed by atoms with van der Waals surface area (Å²) in [4.78, 5) is 29.1. The van der Waals surface area contributed by atoms with Gasteiger partial charge in [0.1, 0.15) is 30.0 Å². The van der Waals surface area contributed by atoms with Crippen LogP contribution in [0.4, 0.5) is 5.69 Å². The number of nitrogens with zero attached hydrogens (tertiary/aromatic N) is 6. The number of nitro benzene ring substituents is 1. The first-order chi connectivity index (χ1) is 32.6. The molecule has 3 aliphatic heterocycles. The SMILES string of the molecule is CC[C@H]1OC(=O)[C@H](C)[C@@H](O[C@H]2C[C@@](C)(OC)[C@@H](O)[C@H](C)O2)[C@H](C)[C@@H](O[C@@H]2O[C@H](C)C[C@H](N(C)CCc3cn([C@H](C)Cc4ccc([N+](=O)[O-])cc4)nn3)[C@H]2O)[C@](C)(O)C[C@@H](C)CN(C)[C@H](C)[C@@H](O)[C@]1(C)O. The Hall–Kier alpha value is -3.25. The van der Waals surface area contributed by atoms with Gasteiger partial charge in [0.25, 0.3) is 5.69 Å². The van der Waals surface area contributed by atoms with Crippen LogP contribution in [-0.4, -0.2) is 186 Å². The van der Waals surface area contributed by atoms with Gasteiger partial charge in [-0.1, -0.05) is 38.1 Å². The number of likely N-dealkylation sites (N-methyl/N-ethyl adjacent to an activating group) is 2. The molecule has 5 rings (SSSR count). The fraction of sp³-hybridized carbons (Fsp3) is 0.820.